The van der Waals surface area contributed by atoms with Crippen LogP contribution in [0.5, 0.6) is 17.2 Å². The largest absolute Gasteiger partial charge is 0.507 e. The molecule has 0 bridgehead atoms. The molecule has 0 saturated heterocycles. The van der Waals surface area contributed by atoms with Crippen molar-refractivity contribution in [3.63, 3.8) is 0 Å². The number of phenols is 1. The molecule has 0 spiro atoms. The smallest absolute Gasteiger partial charge is 0.277 e. The molecule has 6 heteroatoms. The van der Waals surface area contributed by atoms with Crippen LogP contribution < -0.4 is 14.9 Å². The van der Waals surface area contributed by atoms with Crippen molar-refractivity contribution in [3.8, 4) is 28.4 Å². The first-order chi connectivity index (χ1) is 14.2. The number of aromatic hydroxyl groups is 1. The summed E-state index contributed by atoms with van der Waals surface area (Å²) in [6, 6.07) is 22.4. The molecule has 1 amide bonds. The Morgan fingerprint density at radius 3 is 2.34 bits per heavy atom. The minimum atomic E-state index is -0.404. The van der Waals surface area contributed by atoms with Crippen LogP contribution in [-0.2, 0) is 4.79 Å². The Kier molecular flexibility index (Phi) is 6.84. The van der Waals surface area contributed by atoms with E-state index < -0.39 is 5.91 Å². The maximum absolute atomic E-state index is 11.9. The maximum Gasteiger partial charge on any atom is 0.277 e. The van der Waals surface area contributed by atoms with Gasteiger partial charge < -0.3 is 14.6 Å². The van der Waals surface area contributed by atoms with E-state index in [0.29, 0.717) is 23.7 Å². The van der Waals surface area contributed by atoms with Gasteiger partial charge >= 0.3 is 0 Å². The monoisotopic (exact) mass is 390 g/mol. The van der Waals surface area contributed by atoms with Gasteiger partial charge in [-0.3, -0.25) is 4.79 Å². The molecule has 6 nitrogen and oxygen atoms in total. The minimum absolute atomic E-state index is 0.0173. The van der Waals surface area contributed by atoms with Crippen LogP contribution in [0.1, 0.15) is 12.5 Å². The van der Waals surface area contributed by atoms with Crippen molar-refractivity contribution < 1.29 is 19.4 Å². The van der Waals surface area contributed by atoms with Crippen molar-refractivity contribution in [1.29, 1.82) is 0 Å². The molecule has 0 aliphatic rings. The normalized spacial score (nSPS) is 10.7. The second-order valence-corrected chi connectivity index (χ2v) is 6.13. The fourth-order valence-corrected chi connectivity index (χ4v) is 2.62. The topological polar surface area (TPSA) is 80.2 Å². The fraction of sp³-hybridized carbons (Fsp3) is 0.130. The van der Waals surface area contributed by atoms with E-state index in [1.807, 2.05) is 61.5 Å². The number of carbonyl (C=O) groups is 1. The Bertz CT molecular complexity index is 970. The average molecular weight is 390 g/mol. The van der Waals surface area contributed by atoms with Crippen LogP contribution in [0.25, 0.3) is 11.1 Å². The number of ether oxygens (including phenoxy) is 2. The summed E-state index contributed by atoms with van der Waals surface area (Å²) in [5.41, 5.74) is 5.02. The zero-order valence-electron chi connectivity index (χ0n) is 16.0. The Morgan fingerprint density at radius 1 is 0.966 bits per heavy atom. The highest BCUT2D eigenvalue weighted by molar-refractivity contribution is 5.85. The van der Waals surface area contributed by atoms with E-state index >= 15 is 0 Å². The van der Waals surface area contributed by atoms with E-state index in [0.717, 1.165) is 11.1 Å². The first kappa shape index (κ1) is 19.9. The van der Waals surface area contributed by atoms with Crippen molar-refractivity contribution >= 4 is 12.1 Å². The number of benzene rings is 3. The fourth-order valence-electron chi connectivity index (χ4n) is 2.62. The summed E-state index contributed by atoms with van der Waals surface area (Å²) in [5.74, 6) is 0.772. The van der Waals surface area contributed by atoms with Crippen LogP contribution in [0, 0.1) is 0 Å². The van der Waals surface area contributed by atoms with Gasteiger partial charge in [-0.2, -0.15) is 5.10 Å². The summed E-state index contributed by atoms with van der Waals surface area (Å²) in [5, 5.41) is 13.8. The van der Waals surface area contributed by atoms with Crippen LogP contribution in [-0.4, -0.2) is 30.4 Å². The SMILES string of the molecule is CCOc1ccc(/C=N\NC(=O)COc2ccc(-c3ccccc3)cc2)c(O)c1. The number of nitrogens with zero attached hydrogens (tertiary/aromatic N) is 1. The molecule has 3 rings (SSSR count). The highest BCUT2D eigenvalue weighted by Gasteiger charge is 2.04. The number of nitrogens with one attached hydrogen (secondary N) is 1. The zero-order chi connectivity index (χ0) is 20.5. The molecule has 2 N–H and O–H groups in total. The van der Waals surface area contributed by atoms with Gasteiger partial charge in [0.05, 0.1) is 12.8 Å². The molecule has 148 valence electrons. The molecule has 0 aromatic heterocycles. The first-order valence-corrected chi connectivity index (χ1v) is 9.21. The lowest BCUT2D eigenvalue weighted by molar-refractivity contribution is -0.123. The number of hydrazone groups is 1. The second kappa shape index (κ2) is 9.94. The minimum Gasteiger partial charge on any atom is -0.507 e. The predicted octanol–water partition coefficient (Wildman–Crippen LogP) is 3.99. The van der Waals surface area contributed by atoms with Crippen molar-refractivity contribution in [2.24, 2.45) is 5.10 Å². The number of carbonyl (C=O) groups excluding carboxylic acids is 1. The van der Waals surface area contributed by atoms with E-state index in [1.165, 1.54) is 12.3 Å². The van der Waals surface area contributed by atoms with Crippen LogP contribution in [0.15, 0.2) is 77.9 Å². The third-order valence-electron chi connectivity index (χ3n) is 4.04. The van der Waals surface area contributed by atoms with Gasteiger partial charge in [-0.15, -0.1) is 0 Å². The van der Waals surface area contributed by atoms with Crippen LogP contribution in [0.4, 0.5) is 0 Å². The predicted molar refractivity (Wildman–Crippen MR) is 112 cm³/mol. The summed E-state index contributed by atoms with van der Waals surface area (Å²) in [6.45, 7) is 2.21. The van der Waals surface area contributed by atoms with Gasteiger partial charge in [-0.25, -0.2) is 5.43 Å². The molecule has 0 radical (unpaired) electrons. The second-order valence-electron chi connectivity index (χ2n) is 6.13. The summed E-state index contributed by atoms with van der Waals surface area (Å²) in [4.78, 5) is 11.9. The lowest BCUT2D eigenvalue weighted by Gasteiger charge is -2.07. The third-order valence-corrected chi connectivity index (χ3v) is 4.04. The molecular weight excluding hydrogens is 368 g/mol. The van der Waals surface area contributed by atoms with E-state index in [4.69, 9.17) is 9.47 Å². The van der Waals surface area contributed by atoms with Crippen LogP contribution >= 0.6 is 0 Å². The molecule has 0 aliphatic heterocycles. The van der Waals surface area contributed by atoms with Gasteiger partial charge in [-0.05, 0) is 42.3 Å². The van der Waals surface area contributed by atoms with Crippen molar-refractivity contribution in [3.05, 3.63) is 78.4 Å². The number of phenolic OH excluding ortho intramolecular Hbond substituents is 1. The van der Waals surface area contributed by atoms with E-state index in [1.54, 1.807) is 12.1 Å². The lowest BCUT2D eigenvalue weighted by Crippen LogP contribution is -2.24. The molecule has 0 atom stereocenters. The quantitative estimate of drug-likeness (QED) is 0.450. The highest BCUT2D eigenvalue weighted by atomic mass is 16.5. The van der Waals surface area contributed by atoms with Crippen LogP contribution in [0.2, 0.25) is 0 Å². The summed E-state index contributed by atoms with van der Waals surface area (Å²) in [7, 11) is 0. The Morgan fingerprint density at radius 2 is 1.66 bits per heavy atom. The zero-order valence-corrected chi connectivity index (χ0v) is 16.0. The third kappa shape index (κ3) is 5.84. The van der Waals surface area contributed by atoms with Gasteiger partial charge in [-0.1, -0.05) is 42.5 Å². The lowest BCUT2D eigenvalue weighted by atomic mass is 10.1. The Hall–Kier alpha value is -3.80. The number of rotatable bonds is 8. The number of amides is 1. The van der Waals surface area contributed by atoms with E-state index in [-0.39, 0.29) is 12.4 Å². The molecule has 3 aromatic carbocycles. The molecule has 0 fully saturated rings. The van der Waals surface area contributed by atoms with Gasteiger partial charge in [0.2, 0.25) is 0 Å². The maximum atomic E-state index is 11.9. The highest BCUT2D eigenvalue weighted by Crippen LogP contribution is 2.23. The van der Waals surface area contributed by atoms with Gasteiger partial charge in [0.1, 0.15) is 17.2 Å². The van der Waals surface area contributed by atoms with E-state index in [9.17, 15) is 9.90 Å². The molecular formula is C23H22N2O4. The molecule has 0 heterocycles. The van der Waals surface area contributed by atoms with Crippen LogP contribution in [0.3, 0.4) is 0 Å². The first-order valence-electron chi connectivity index (χ1n) is 9.21. The van der Waals surface area contributed by atoms with Gasteiger partial charge in [0, 0.05) is 11.6 Å². The molecule has 29 heavy (non-hydrogen) atoms. The summed E-state index contributed by atoms with van der Waals surface area (Å²) in [6.07, 6.45) is 1.36. The van der Waals surface area contributed by atoms with Crippen molar-refractivity contribution in [1.82, 2.24) is 5.43 Å². The Balaban J connectivity index is 1.48. The van der Waals surface area contributed by atoms with Crippen molar-refractivity contribution in [2.45, 2.75) is 6.92 Å². The average Bonchev–Trinajstić information content (AvgIpc) is 2.75. The molecule has 3 aromatic rings. The molecule has 0 unspecified atom stereocenters. The van der Waals surface area contributed by atoms with Crippen molar-refractivity contribution in [2.75, 3.05) is 13.2 Å². The summed E-state index contributed by atoms with van der Waals surface area (Å²) >= 11 is 0. The molecule has 0 aliphatic carbocycles. The number of hydrogen-bond acceptors (Lipinski definition) is 5. The van der Waals surface area contributed by atoms with Gasteiger partial charge in [0.15, 0.2) is 6.61 Å². The Labute approximate surface area is 169 Å². The number of hydrogen-bond donors (Lipinski definition) is 2. The standard InChI is InChI=1S/C23H22N2O4/c1-2-28-21-13-10-19(22(26)14-21)15-24-25-23(27)16-29-20-11-8-18(9-12-20)17-6-4-3-5-7-17/h3-15,26H,2,16H2,1H3,(H,25,27)/b24-15-. The van der Waals surface area contributed by atoms with Gasteiger partial charge in [0.25, 0.3) is 5.91 Å². The summed E-state index contributed by atoms with van der Waals surface area (Å²) < 4.78 is 10.8. The molecule has 0 saturated carbocycles. The van der Waals surface area contributed by atoms with E-state index in [2.05, 4.69) is 10.5 Å².